The van der Waals surface area contributed by atoms with Gasteiger partial charge >= 0.3 is 6.09 Å². The molecule has 1 aromatic rings. The molecule has 0 radical (unpaired) electrons. The van der Waals surface area contributed by atoms with E-state index in [1.807, 2.05) is 45.9 Å². The molecule has 0 bridgehead atoms. The molecule has 0 saturated carbocycles. The smallest absolute Gasteiger partial charge is 0.412 e. The first-order chi connectivity index (χ1) is 7.29. The van der Waals surface area contributed by atoms with E-state index in [1.165, 1.54) is 0 Å². The highest BCUT2D eigenvalue weighted by atomic mass is 79.9. The zero-order valence-corrected chi connectivity index (χ0v) is 11.5. The summed E-state index contributed by atoms with van der Waals surface area (Å²) in [6.45, 7) is 7.43. The molecular weight excluding hydrogens is 270 g/mol. The van der Waals surface area contributed by atoms with Crippen LogP contribution in [0, 0.1) is 6.92 Å². The maximum Gasteiger partial charge on any atom is 0.412 e. The van der Waals surface area contributed by atoms with Gasteiger partial charge in [0.15, 0.2) is 0 Å². The molecule has 0 heterocycles. The van der Waals surface area contributed by atoms with E-state index < -0.39 is 11.7 Å². The van der Waals surface area contributed by atoms with Crippen molar-refractivity contribution in [3.63, 3.8) is 0 Å². The van der Waals surface area contributed by atoms with Crippen LogP contribution in [0.15, 0.2) is 22.7 Å². The Hall–Kier alpha value is -1.03. The van der Waals surface area contributed by atoms with Gasteiger partial charge in [0, 0.05) is 4.47 Å². The number of anilines is 1. The second-order valence-electron chi connectivity index (χ2n) is 4.56. The van der Waals surface area contributed by atoms with Gasteiger partial charge in [-0.2, -0.15) is 0 Å². The Morgan fingerprint density at radius 2 is 2.00 bits per heavy atom. The van der Waals surface area contributed by atoms with Crippen LogP contribution in [0.3, 0.4) is 0 Å². The molecule has 0 saturated heterocycles. The molecule has 0 aliphatic carbocycles. The highest BCUT2D eigenvalue weighted by molar-refractivity contribution is 9.10. The first-order valence-corrected chi connectivity index (χ1v) is 5.84. The maximum atomic E-state index is 11.6. The minimum atomic E-state index is -0.487. The summed E-state index contributed by atoms with van der Waals surface area (Å²) in [5.41, 5.74) is 1.25. The van der Waals surface area contributed by atoms with Crippen molar-refractivity contribution in [2.45, 2.75) is 33.3 Å². The fourth-order valence-corrected chi connectivity index (χ4v) is 1.76. The molecule has 0 aromatic heterocycles. The molecule has 4 heteroatoms. The van der Waals surface area contributed by atoms with Gasteiger partial charge < -0.3 is 4.74 Å². The van der Waals surface area contributed by atoms with Gasteiger partial charge in [-0.3, -0.25) is 5.32 Å². The van der Waals surface area contributed by atoms with Crippen molar-refractivity contribution >= 4 is 27.7 Å². The summed E-state index contributed by atoms with van der Waals surface area (Å²) >= 11 is 3.38. The quantitative estimate of drug-likeness (QED) is 0.843. The zero-order chi connectivity index (χ0) is 12.3. The Bertz CT molecular complexity index is 376. The molecule has 0 aliphatic heterocycles. The fraction of sp³-hybridized carbons (Fsp3) is 0.417. The van der Waals surface area contributed by atoms with E-state index in [0.29, 0.717) is 0 Å². The highest BCUT2D eigenvalue weighted by Crippen LogP contribution is 2.26. The van der Waals surface area contributed by atoms with Crippen LogP contribution in [-0.2, 0) is 4.74 Å². The van der Waals surface area contributed by atoms with Gasteiger partial charge in [-0.05, 0) is 55.3 Å². The number of carbonyl (C=O) groups excluding carboxylic acids is 1. The number of amides is 1. The minimum absolute atomic E-state index is 0.442. The normalized spacial score (nSPS) is 11.1. The Morgan fingerprint density at radius 3 is 2.50 bits per heavy atom. The van der Waals surface area contributed by atoms with Crippen molar-refractivity contribution in [1.82, 2.24) is 0 Å². The SMILES string of the molecule is Cc1cccc(Br)c1NC(=O)OC(C)(C)C. The van der Waals surface area contributed by atoms with E-state index in [1.54, 1.807) is 0 Å². The number of carbonyl (C=O) groups is 1. The summed E-state index contributed by atoms with van der Waals surface area (Å²) in [6, 6.07) is 5.72. The maximum absolute atomic E-state index is 11.6. The molecule has 0 atom stereocenters. The monoisotopic (exact) mass is 285 g/mol. The molecule has 0 fully saturated rings. The number of aryl methyl sites for hydroxylation is 1. The topological polar surface area (TPSA) is 38.3 Å². The fourth-order valence-electron chi connectivity index (χ4n) is 1.20. The average Bonchev–Trinajstić information content (AvgIpc) is 2.08. The van der Waals surface area contributed by atoms with Crippen molar-refractivity contribution < 1.29 is 9.53 Å². The van der Waals surface area contributed by atoms with Crippen molar-refractivity contribution in [3.8, 4) is 0 Å². The lowest BCUT2D eigenvalue weighted by Gasteiger charge is -2.20. The van der Waals surface area contributed by atoms with E-state index in [2.05, 4.69) is 21.2 Å². The van der Waals surface area contributed by atoms with E-state index in [-0.39, 0.29) is 0 Å². The molecule has 3 nitrogen and oxygen atoms in total. The van der Waals surface area contributed by atoms with E-state index in [9.17, 15) is 4.79 Å². The van der Waals surface area contributed by atoms with Crippen LogP contribution in [0.25, 0.3) is 0 Å². The summed E-state index contributed by atoms with van der Waals surface area (Å²) in [5.74, 6) is 0. The number of halogens is 1. The third-order valence-corrected chi connectivity index (χ3v) is 2.51. The zero-order valence-electron chi connectivity index (χ0n) is 9.93. The molecule has 1 rings (SSSR count). The predicted octanol–water partition coefficient (Wildman–Crippen LogP) is 4.10. The summed E-state index contributed by atoms with van der Waals surface area (Å²) in [5, 5.41) is 2.73. The number of rotatable bonds is 1. The van der Waals surface area contributed by atoms with Crippen LogP contribution < -0.4 is 5.32 Å². The van der Waals surface area contributed by atoms with Gasteiger partial charge in [0.2, 0.25) is 0 Å². The lowest BCUT2D eigenvalue weighted by molar-refractivity contribution is 0.0635. The number of hydrogen-bond acceptors (Lipinski definition) is 2. The van der Waals surface area contributed by atoms with E-state index in [4.69, 9.17) is 4.74 Å². The largest absolute Gasteiger partial charge is 0.444 e. The van der Waals surface area contributed by atoms with Crippen LogP contribution in [0.5, 0.6) is 0 Å². The second-order valence-corrected chi connectivity index (χ2v) is 5.41. The molecule has 88 valence electrons. The predicted molar refractivity (Wildman–Crippen MR) is 68.7 cm³/mol. The summed E-state index contributed by atoms with van der Waals surface area (Å²) < 4.78 is 6.03. The molecule has 1 N–H and O–H groups in total. The van der Waals surface area contributed by atoms with Crippen molar-refractivity contribution in [2.75, 3.05) is 5.32 Å². The summed E-state index contributed by atoms with van der Waals surface area (Å²) in [6.07, 6.45) is -0.442. The first-order valence-electron chi connectivity index (χ1n) is 5.05. The number of nitrogens with one attached hydrogen (secondary N) is 1. The van der Waals surface area contributed by atoms with Crippen molar-refractivity contribution in [2.24, 2.45) is 0 Å². The Balaban J connectivity index is 2.78. The third-order valence-electron chi connectivity index (χ3n) is 1.85. The van der Waals surface area contributed by atoms with Gasteiger partial charge in [0.1, 0.15) is 5.60 Å². The van der Waals surface area contributed by atoms with Crippen molar-refractivity contribution in [1.29, 1.82) is 0 Å². The van der Waals surface area contributed by atoms with Gasteiger partial charge in [-0.1, -0.05) is 12.1 Å². The standard InChI is InChI=1S/C12H16BrNO2/c1-8-6-5-7-9(13)10(8)14-11(15)16-12(2,3)4/h5-7H,1-4H3,(H,14,15). The van der Waals surface area contributed by atoms with E-state index in [0.717, 1.165) is 15.7 Å². The summed E-state index contributed by atoms with van der Waals surface area (Å²) in [7, 11) is 0. The lowest BCUT2D eigenvalue weighted by Crippen LogP contribution is -2.27. The van der Waals surface area contributed by atoms with Gasteiger partial charge in [-0.15, -0.1) is 0 Å². The third kappa shape index (κ3) is 3.85. The molecular formula is C12H16BrNO2. The first kappa shape index (κ1) is 13.0. The molecule has 1 aromatic carbocycles. The number of hydrogen-bond donors (Lipinski definition) is 1. The van der Waals surface area contributed by atoms with Gasteiger partial charge in [0.25, 0.3) is 0 Å². The number of benzene rings is 1. The lowest BCUT2D eigenvalue weighted by atomic mass is 10.2. The van der Waals surface area contributed by atoms with E-state index >= 15 is 0 Å². The van der Waals surface area contributed by atoms with Crippen LogP contribution in [0.4, 0.5) is 10.5 Å². The van der Waals surface area contributed by atoms with Crippen molar-refractivity contribution in [3.05, 3.63) is 28.2 Å². The minimum Gasteiger partial charge on any atom is -0.444 e. The van der Waals surface area contributed by atoms with Crippen LogP contribution >= 0.6 is 15.9 Å². The Labute approximate surface area is 104 Å². The number of ether oxygens (including phenoxy) is 1. The Kier molecular flexibility index (Phi) is 3.97. The molecule has 16 heavy (non-hydrogen) atoms. The Morgan fingerprint density at radius 1 is 1.38 bits per heavy atom. The molecule has 0 aliphatic rings. The van der Waals surface area contributed by atoms with Gasteiger partial charge in [0.05, 0.1) is 5.69 Å². The molecule has 0 unspecified atom stereocenters. The molecule has 0 spiro atoms. The highest BCUT2D eigenvalue weighted by Gasteiger charge is 2.17. The van der Waals surface area contributed by atoms with Crippen LogP contribution in [-0.4, -0.2) is 11.7 Å². The summed E-state index contributed by atoms with van der Waals surface area (Å²) in [4.78, 5) is 11.6. The molecule has 1 amide bonds. The average molecular weight is 286 g/mol. The number of para-hydroxylation sites is 1. The van der Waals surface area contributed by atoms with Crippen LogP contribution in [0.2, 0.25) is 0 Å². The van der Waals surface area contributed by atoms with Gasteiger partial charge in [-0.25, -0.2) is 4.79 Å². The van der Waals surface area contributed by atoms with Crippen LogP contribution in [0.1, 0.15) is 26.3 Å². The second kappa shape index (κ2) is 4.87.